The van der Waals surface area contributed by atoms with Gasteiger partial charge in [0.15, 0.2) is 5.03 Å². The van der Waals surface area contributed by atoms with E-state index in [0.29, 0.717) is 5.56 Å². The number of alkyl halides is 2. The van der Waals surface area contributed by atoms with E-state index < -0.39 is 22.7 Å². The Kier molecular flexibility index (Phi) is 4.53. The zero-order chi connectivity index (χ0) is 15.5. The first-order valence-electron chi connectivity index (χ1n) is 5.94. The van der Waals surface area contributed by atoms with Gasteiger partial charge in [0, 0.05) is 6.04 Å². The van der Waals surface area contributed by atoms with E-state index in [0.717, 1.165) is 0 Å². The quantitative estimate of drug-likeness (QED) is 0.854. The second-order valence-corrected chi connectivity index (χ2v) is 5.89. The van der Waals surface area contributed by atoms with Gasteiger partial charge < -0.3 is 9.72 Å². The highest BCUT2D eigenvalue weighted by atomic mass is 32.2. The van der Waals surface area contributed by atoms with Crippen molar-refractivity contribution in [3.8, 4) is 5.75 Å². The number of imidazole rings is 1. The fourth-order valence-corrected chi connectivity index (χ4v) is 2.85. The number of nitrogens with zero attached hydrogens (tertiary/aromatic N) is 1. The van der Waals surface area contributed by atoms with Gasteiger partial charge in [-0.15, -0.1) is 0 Å². The van der Waals surface area contributed by atoms with Crippen LogP contribution in [0.4, 0.5) is 8.78 Å². The summed E-state index contributed by atoms with van der Waals surface area (Å²) in [6.45, 7) is -1.34. The summed E-state index contributed by atoms with van der Waals surface area (Å²) < 4.78 is 55.0. The molecule has 0 saturated heterocycles. The Morgan fingerprint density at radius 3 is 2.76 bits per heavy atom. The van der Waals surface area contributed by atoms with Crippen LogP contribution in [0.3, 0.4) is 0 Å². The minimum Gasteiger partial charge on any atom is -0.435 e. The van der Waals surface area contributed by atoms with Crippen LogP contribution in [0.5, 0.6) is 5.75 Å². The molecule has 1 atom stereocenters. The molecule has 0 bridgehead atoms. The fourth-order valence-electron chi connectivity index (χ4n) is 1.71. The van der Waals surface area contributed by atoms with Gasteiger partial charge in [-0.3, -0.25) is 0 Å². The van der Waals surface area contributed by atoms with Crippen molar-refractivity contribution >= 4 is 10.0 Å². The Bertz CT molecular complexity index is 690. The van der Waals surface area contributed by atoms with Crippen LogP contribution in [-0.2, 0) is 10.0 Å². The summed E-state index contributed by atoms with van der Waals surface area (Å²) in [7, 11) is -3.76. The number of halogens is 2. The zero-order valence-corrected chi connectivity index (χ0v) is 11.8. The van der Waals surface area contributed by atoms with E-state index in [2.05, 4.69) is 19.4 Å². The van der Waals surface area contributed by atoms with E-state index in [1.807, 2.05) is 0 Å². The number of sulfonamides is 1. The highest BCUT2D eigenvalue weighted by molar-refractivity contribution is 7.89. The van der Waals surface area contributed by atoms with E-state index in [9.17, 15) is 17.2 Å². The van der Waals surface area contributed by atoms with Crippen molar-refractivity contribution in [2.45, 2.75) is 24.6 Å². The summed E-state index contributed by atoms with van der Waals surface area (Å²) in [6, 6.07) is 5.21. The molecule has 1 aromatic heterocycles. The maximum Gasteiger partial charge on any atom is 0.387 e. The third-order valence-corrected chi connectivity index (χ3v) is 4.14. The van der Waals surface area contributed by atoms with Crippen molar-refractivity contribution in [3.05, 3.63) is 42.4 Å². The molecule has 2 aromatic rings. The minimum absolute atomic E-state index is 0.0323. The van der Waals surface area contributed by atoms with Crippen molar-refractivity contribution in [3.63, 3.8) is 0 Å². The molecule has 9 heteroatoms. The number of aromatic nitrogens is 2. The van der Waals surface area contributed by atoms with Crippen molar-refractivity contribution in [1.82, 2.24) is 14.7 Å². The van der Waals surface area contributed by atoms with Gasteiger partial charge in [-0.2, -0.15) is 8.78 Å². The molecular weight excluding hydrogens is 304 g/mol. The molecule has 0 radical (unpaired) electrons. The van der Waals surface area contributed by atoms with Gasteiger partial charge in [0.25, 0.3) is 10.0 Å². The van der Waals surface area contributed by atoms with Gasteiger partial charge >= 0.3 is 6.61 Å². The summed E-state index contributed by atoms with van der Waals surface area (Å²) in [5.74, 6) is -0.0323. The standard InChI is InChI=1S/C12H13F2N3O3S/c1-8(17-21(18,19)11-6-15-7-16-11)9-3-2-4-10(5-9)20-12(13)14/h2-8,12,17H,1H3,(H,15,16). The van der Waals surface area contributed by atoms with Crippen LogP contribution in [-0.4, -0.2) is 25.0 Å². The molecular formula is C12H13F2N3O3S. The largest absolute Gasteiger partial charge is 0.435 e. The number of benzene rings is 1. The summed E-state index contributed by atoms with van der Waals surface area (Å²) in [4.78, 5) is 6.12. The van der Waals surface area contributed by atoms with Gasteiger partial charge in [0.05, 0.1) is 12.5 Å². The Hall–Kier alpha value is -2.00. The Morgan fingerprint density at radius 1 is 1.38 bits per heavy atom. The SMILES string of the molecule is CC(NS(=O)(=O)c1cnc[nH]1)c1cccc(OC(F)F)c1. The third kappa shape index (κ3) is 3.99. The Labute approximate surface area is 120 Å². The van der Waals surface area contributed by atoms with E-state index in [1.54, 1.807) is 13.0 Å². The second-order valence-electron chi connectivity index (χ2n) is 4.21. The lowest BCUT2D eigenvalue weighted by Gasteiger charge is -2.15. The highest BCUT2D eigenvalue weighted by Crippen LogP contribution is 2.21. The van der Waals surface area contributed by atoms with Crippen LogP contribution in [0.25, 0.3) is 0 Å². The van der Waals surface area contributed by atoms with Gasteiger partial charge in [0.2, 0.25) is 0 Å². The smallest absolute Gasteiger partial charge is 0.387 e. The van der Waals surface area contributed by atoms with Crippen molar-refractivity contribution in [1.29, 1.82) is 0 Å². The zero-order valence-electron chi connectivity index (χ0n) is 11.0. The molecule has 0 amide bonds. The number of ether oxygens (including phenoxy) is 1. The summed E-state index contributed by atoms with van der Waals surface area (Å²) in [6.07, 6.45) is 2.42. The molecule has 0 aliphatic rings. The molecule has 1 unspecified atom stereocenters. The molecule has 0 aliphatic carbocycles. The van der Waals surface area contributed by atoms with Crippen LogP contribution >= 0.6 is 0 Å². The summed E-state index contributed by atoms with van der Waals surface area (Å²) in [5.41, 5.74) is 0.497. The van der Waals surface area contributed by atoms with Crippen LogP contribution in [0, 0.1) is 0 Å². The number of hydrogen-bond donors (Lipinski definition) is 2. The first-order chi connectivity index (χ1) is 9.88. The molecule has 2 rings (SSSR count). The lowest BCUT2D eigenvalue weighted by atomic mass is 10.1. The van der Waals surface area contributed by atoms with E-state index in [1.165, 1.54) is 30.7 Å². The van der Waals surface area contributed by atoms with Crippen molar-refractivity contribution in [2.75, 3.05) is 0 Å². The Morgan fingerprint density at radius 2 is 2.14 bits per heavy atom. The summed E-state index contributed by atoms with van der Waals surface area (Å²) >= 11 is 0. The molecule has 1 aromatic carbocycles. The average molecular weight is 317 g/mol. The van der Waals surface area contributed by atoms with Crippen molar-refractivity contribution in [2.24, 2.45) is 0 Å². The molecule has 1 heterocycles. The van der Waals surface area contributed by atoms with Gasteiger partial charge in [-0.05, 0) is 24.6 Å². The molecule has 0 aliphatic heterocycles. The molecule has 114 valence electrons. The lowest BCUT2D eigenvalue weighted by molar-refractivity contribution is -0.0499. The molecule has 21 heavy (non-hydrogen) atoms. The first-order valence-corrected chi connectivity index (χ1v) is 7.42. The maximum absolute atomic E-state index is 12.2. The van der Waals surface area contributed by atoms with Crippen molar-refractivity contribution < 1.29 is 21.9 Å². The number of nitrogens with one attached hydrogen (secondary N) is 2. The number of rotatable bonds is 6. The van der Waals surface area contributed by atoms with Crippen LogP contribution in [0.15, 0.2) is 41.8 Å². The predicted octanol–water partition coefficient (Wildman–Crippen LogP) is 2.05. The number of H-pyrrole nitrogens is 1. The fraction of sp³-hybridized carbons (Fsp3) is 0.250. The normalized spacial score (nSPS) is 13.3. The predicted molar refractivity (Wildman–Crippen MR) is 70.4 cm³/mol. The van der Waals surface area contributed by atoms with E-state index in [-0.39, 0.29) is 10.8 Å². The number of aromatic amines is 1. The first kappa shape index (κ1) is 15.4. The second kappa shape index (κ2) is 6.19. The van der Waals surface area contributed by atoms with E-state index >= 15 is 0 Å². The van der Waals surface area contributed by atoms with Crippen LogP contribution in [0.2, 0.25) is 0 Å². The van der Waals surface area contributed by atoms with Gasteiger partial charge in [-0.1, -0.05) is 12.1 Å². The lowest BCUT2D eigenvalue weighted by Crippen LogP contribution is -2.27. The van der Waals surface area contributed by atoms with Gasteiger partial charge in [-0.25, -0.2) is 18.1 Å². The molecule has 6 nitrogen and oxygen atoms in total. The van der Waals surface area contributed by atoms with Gasteiger partial charge in [0.1, 0.15) is 5.75 Å². The Balaban J connectivity index is 2.15. The maximum atomic E-state index is 12.2. The summed E-state index contributed by atoms with van der Waals surface area (Å²) in [5, 5.41) is -0.0747. The molecule has 0 fully saturated rings. The van der Waals surface area contributed by atoms with Crippen LogP contribution in [0.1, 0.15) is 18.5 Å². The third-order valence-electron chi connectivity index (χ3n) is 2.68. The molecule has 2 N–H and O–H groups in total. The molecule has 0 saturated carbocycles. The average Bonchev–Trinajstić information content (AvgIpc) is 2.92. The van der Waals surface area contributed by atoms with E-state index in [4.69, 9.17) is 0 Å². The van der Waals surface area contributed by atoms with Crippen LogP contribution < -0.4 is 9.46 Å². The molecule has 0 spiro atoms. The number of hydrogen-bond acceptors (Lipinski definition) is 4. The highest BCUT2D eigenvalue weighted by Gasteiger charge is 2.20. The topological polar surface area (TPSA) is 84.1 Å². The monoisotopic (exact) mass is 317 g/mol. The minimum atomic E-state index is -3.76.